The van der Waals surface area contributed by atoms with Crippen LogP contribution in [0.25, 0.3) is 0 Å². The Kier molecular flexibility index (Phi) is 5.45. The normalized spacial score (nSPS) is 11.9. The topological polar surface area (TPSA) is 0 Å². The van der Waals surface area contributed by atoms with Crippen molar-refractivity contribution in [1.29, 1.82) is 0 Å². The van der Waals surface area contributed by atoms with Gasteiger partial charge in [-0.05, 0) is 18.9 Å². The molecular weight excluding hydrogens is 120 g/mol. The van der Waals surface area contributed by atoms with E-state index in [1.54, 1.807) is 6.08 Å². The van der Waals surface area contributed by atoms with Crippen LogP contribution in [0.3, 0.4) is 0 Å². The lowest BCUT2D eigenvalue weighted by molar-refractivity contribution is 1.28. The summed E-state index contributed by atoms with van der Waals surface area (Å²) in [4.78, 5) is 0. The molecule has 0 aromatic heterocycles. The van der Waals surface area contributed by atoms with Crippen molar-refractivity contribution in [2.75, 3.05) is 0 Å². The van der Waals surface area contributed by atoms with Crippen LogP contribution in [-0.4, -0.2) is 0 Å². The van der Waals surface area contributed by atoms with Gasteiger partial charge in [-0.2, -0.15) is 0 Å². The van der Waals surface area contributed by atoms with Gasteiger partial charge in [0.1, 0.15) is 0 Å². The number of allylic oxidation sites excluding steroid dienone is 6. The number of hydrogen-bond acceptors (Lipinski definition) is 0. The number of hydrogen-bond donors (Lipinski definition) is 0. The van der Waals surface area contributed by atoms with E-state index in [0.29, 0.717) is 0 Å². The van der Waals surface area contributed by atoms with Gasteiger partial charge in [0.05, 0.1) is 0 Å². The molecule has 0 saturated carbocycles. The van der Waals surface area contributed by atoms with Crippen LogP contribution in [0.15, 0.2) is 49.1 Å². The van der Waals surface area contributed by atoms with E-state index in [9.17, 15) is 0 Å². The van der Waals surface area contributed by atoms with Crippen LogP contribution < -0.4 is 0 Å². The molecule has 0 atom stereocenters. The molecule has 0 aliphatic heterocycles. The molecule has 0 spiro atoms. The highest BCUT2D eigenvalue weighted by molar-refractivity contribution is 5.22. The second kappa shape index (κ2) is 6.09. The first-order chi connectivity index (χ1) is 4.85. The fraction of sp³-hybridized carbons (Fsp3) is 0.200. The minimum Gasteiger partial charge on any atom is -0.103 e. The van der Waals surface area contributed by atoms with Crippen LogP contribution in [0.1, 0.15) is 13.3 Å². The standard InChI is InChI=1S/C10H14/c1-4-7-9-10(6-3)8-5-2/h4-7,9H,1-2,8H2,3H3/b9-7-,10-6-. The van der Waals surface area contributed by atoms with E-state index < -0.39 is 0 Å². The van der Waals surface area contributed by atoms with Crippen LogP contribution in [-0.2, 0) is 0 Å². The van der Waals surface area contributed by atoms with Gasteiger partial charge in [0.15, 0.2) is 0 Å². The average molecular weight is 134 g/mol. The van der Waals surface area contributed by atoms with Crippen LogP contribution in [0.2, 0.25) is 0 Å². The zero-order valence-electron chi connectivity index (χ0n) is 6.51. The summed E-state index contributed by atoms with van der Waals surface area (Å²) < 4.78 is 0. The van der Waals surface area contributed by atoms with Crippen molar-refractivity contribution in [2.24, 2.45) is 0 Å². The molecule has 0 N–H and O–H groups in total. The maximum Gasteiger partial charge on any atom is -0.0103 e. The largest absolute Gasteiger partial charge is 0.103 e. The van der Waals surface area contributed by atoms with E-state index in [-0.39, 0.29) is 0 Å². The van der Waals surface area contributed by atoms with E-state index >= 15 is 0 Å². The highest BCUT2D eigenvalue weighted by atomic mass is 13.9. The maximum atomic E-state index is 3.66. The highest BCUT2D eigenvalue weighted by Gasteiger charge is 1.82. The summed E-state index contributed by atoms with van der Waals surface area (Å²) in [5.41, 5.74) is 1.27. The van der Waals surface area contributed by atoms with Gasteiger partial charge in [-0.1, -0.05) is 37.0 Å². The predicted octanol–water partition coefficient (Wildman–Crippen LogP) is 3.25. The zero-order chi connectivity index (χ0) is 7.82. The Morgan fingerprint density at radius 2 is 2.10 bits per heavy atom. The summed E-state index contributed by atoms with van der Waals surface area (Å²) in [6.45, 7) is 9.26. The molecule has 0 aromatic carbocycles. The third-order valence-corrected chi connectivity index (χ3v) is 1.20. The molecule has 0 aromatic rings. The molecule has 0 saturated heterocycles. The van der Waals surface area contributed by atoms with Gasteiger partial charge in [0.2, 0.25) is 0 Å². The fourth-order valence-corrected chi connectivity index (χ4v) is 0.640. The van der Waals surface area contributed by atoms with Gasteiger partial charge in [0.25, 0.3) is 0 Å². The van der Waals surface area contributed by atoms with Gasteiger partial charge in [-0.15, -0.1) is 6.58 Å². The first-order valence-electron chi connectivity index (χ1n) is 3.40. The SMILES string of the molecule is C=C/C=C\C(=C/C)CC=C. The molecule has 0 rings (SSSR count). The zero-order valence-corrected chi connectivity index (χ0v) is 6.51. The Bertz CT molecular complexity index is 159. The van der Waals surface area contributed by atoms with Crippen molar-refractivity contribution in [3.63, 3.8) is 0 Å². The molecule has 0 bridgehead atoms. The third kappa shape index (κ3) is 3.90. The Balaban J connectivity index is 3.95. The number of rotatable bonds is 4. The minimum atomic E-state index is 0.931. The van der Waals surface area contributed by atoms with Gasteiger partial charge in [0, 0.05) is 0 Å². The lowest BCUT2D eigenvalue weighted by Crippen LogP contribution is -1.71. The van der Waals surface area contributed by atoms with E-state index in [4.69, 9.17) is 0 Å². The molecule has 0 heteroatoms. The first-order valence-corrected chi connectivity index (χ1v) is 3.40. The van der Waals surface area contributed by atoms with Gasteiger partial charge in [-0.25, -0.2) is 0 Å². The van der Waals surface area contributed by atoms with E-state index in [2.05, 4.69) is 19.2 Å². The van der Waals surface area contributed by atoms with Crippen molar-refractivity contribution in [1.82, 2.24) is 0 Å². The molecule has 0 unspecified atom stereocenters. The van der Waals surface area contributed by atoms with E-state index in [1.807, 2.05) is 25.2 Å². The van der Waals surface area contributed by atoms with Crippen molar-refractivity contribution >= 4 is 0 Å². The second-order valence-corrected chi connectivity index (χ2v) is 1.95. The molecule has 10 heavy (non-hydrogen) atoms. The lowest BCUT2D eigenvalue weighted by Gasteiger charge is -1.92. The van der Waals surface area contributed by atoms with Crippen LogP contribution in [0, 0.1) is 0 Å². The van der Waals surface area contributed by atoms with Crippen molar-refractivity contribution in [3.8, 4) is 0 Å². The van der Waals surface area contributed by atoms with Gasteiger partial charge < -0.3 is 0 Å². The van der Waals surface area contributed by atoms with Crippen molar-refractivity contribution in [2.45, 2.75) is 13.3 Å². The molecule has 0 amide bonds. The highest BCUT2D eigenvalue weighted by Crippen LogP contribution is 2.02. The lowest BCUT2D eigenvalue weighted by atomic mass is 10.1. The van der Waals surface area contributed by atoms with E-state index in [0.717, 1.165) is 6.42 Å². The Hall–Kier alpha value is -1.04. The summed E-state index contributed by atoms with van der Waals surface area (Å²) in [5, 5.41) is 0. The molecule has 0 radical (unpaired) electrons. The van der Waals surface area contributed by atoms with Crippen LogP contribution in [0.5, 0.6) is 0 Å². The molecule has 0 aliphatic carbocycles. The van der Waals surface area contributed by atoms with Crippen LogP contribution in [0.4, 0.5) is 0 Å². The fourth-order valence-electron chi connectivity index (χ4n) is 0.640. The average Bonchev–Trinajstić information content (AvgIpc) is 1.98. The summed E-state index contributed by atoms with van der Waals surface area (Å²) in [6, 6.07) is 0. The van der Waals surface area contributed by atoms with Gasteiger partial charge in [-0.3, -0.25) is 0 Å². The van der Waals surface area contributed by atoms with Gasteiger partial charge >= 0.3 is 0 Å². The first kappa shape index (κ1) is 8.96. The summed E-state index contributed by atoms with van der Waals surface area (Å²) >= 11 is 0. The second-order valence-electron chi connectivity index (χ2n) is 1.95. The smallest absolute Gasteiger partial charge is 0.0103 e. The van der Waals surface area contributed by atoms with Crippen molar-refractivity contribution in [3.05, 3.63) is 49.1 Å². The molecular formula is C10H14. The quantitative estimate of drug-likeness (QED) is 0.409. The summed E-state index contributed by atoms with van der Waals surface area (Å²) in [7, 11) is 0. The van der Waals surface area contributed by atoms with Crippen LogP contribution >= 0.6 is 0 Å². The summed E-state index contributed by atoms with van der Waals surface area (Å²) in [5.74, 6) is 0. The molecule has 0 nitrogen and oxygen atoms in total. The van der Waals surface area contributed by atoms with E-state index in [1.165, 1.54) is 5.57 Å². The Morgan fingerprint density at radius 3 is 2.50 bits per heavy atom. The third-order valence-electron chi connectivity index (χ3n) is 1.20. The minimum absolute atomic E-state index is 0.931. The summed E-state index contributed by atoms with van der Waals surface area (Å²) in [6.07, 6.45) is 10.6. The molecule has 54 valence electrons. The monoisotopic (exact) mass is 134 g/mol. The van der Waals surface area contributed by atoms with Crippen molar-refractivity contribution < 1.29 is 0 Å². The maximum absolute atomic E-state index is 3.66. The Labute approximate surface area is 63.3 Å². The molecule has 0 heterocycles. The molecule has 0 aliphatic rings. The predicted molar refractivity (Wildman–Crippen MR) is 47.9 cm³/mol. The Morgan fingerprint density at radius 1 is 1.40 bits per heavy atom. The molecule has 0 fully saturated rings.